The molecule has 0 aliphatic heterocycles. The molecule has 1 heterocycles. The Morgan fingerprint density at radius 3 is 2.56 bits per heavy atom. The van der Waals surface area contributed by atoms with E-state index in [2.05, 4.69) is 48.4 Å². The summed E-state index contributed by atoms with van der Waals surface area (Å²) >= 11 is 3.25. The van der Waals surface area contributed by atoms with Gasteiger partial charge in [-0.05, 0) is 23.6 Å². The van der Waals surface area contributed by atoms with Crippen LogP contribution in [0.4, 0.5) is 0 Å². The Bertz CT molecular complexity index is 848. The summed E-state index contributed by atoms with van der Waals surface area (Å²) in [6.07, 6.45) is 0. The summed E-state index contributed by atoms with van der Waals surface area (Å²) in [6, 6.07) is 18.2. The topological polar surface area (TPSA) is 42.0 Å². The van der Waals surface area contributed by atoms with Gasteiger partial charge in [0.1, 0.15) is 0 Å². The van der Waals surface area contributed by atoms with Crippen molar-refractivity contribution in [2.24, 2.45) is 5.92 Å². The zero-order chi connectivity index (χ0) is 19.1. The summed E-state index contributed by atoms with van der Waals surface area (Å²) in [5.74, 6) is 1.50. The van der Waals surface area contributed by atoms with Crippen LogP contribution in [0.15, 0.2) is 70.4 Å². The molecular weight excluding hydrogens is 372 g/mol. The molecule has 1 unspecified atom stereocenters. The number of hydrogen-bond donors (Lipinski definition) is 1. The van der Waals surface area contributed by atoms with Crippen molar-refractivity contribution >= 4 is 29.0 Å². The van der Waals surface area contributed by atoms with Gasteiger partial charge in [0.15, 0.2) is 0 Å². The number of nitrogens with one attached hydrogen (secondary N) is 1. The number of amides is 1. The molecule has 1 amide bonds. The van der Waals surface area contributed by atoms with Gasteiger partial charge in [0, 0.05) is 28.5 Å². The standard InChI is InChI=1S/C22H24N2OS2/c1-16(2)20(17-8-4-3-5-9-17)12-23-22(25)19-10-6-7-11-21(19)27-14-18-13-26-15-24-18/h3-11,13,15-16,20H,12,14H2,1-2H3,(H,23,25). The highest BCUT2D eigenvalue weighted by molar-refractivity contribution is 7.98. The van der Waals surface area contributed by atoms with E-state index in [0.29, 0.717) is 18.4 Å². The van der Waals surface area contributed by atoms with Gasteiger partial charge >= 0.3 is 0 Å². The molecule has 3 nitrogen and oxygen atoms in total. The van der Waals surface area contributed by atoms with Gasteiger partial charge in [0.2, 0.25) is 0 Å². The molecule has 1 N–H and O–H groups in total. The lowest BCUT2D eigenvalue weighted by molar-refractivity contribution is 0.0946. The first kappa shape index (κ1) is 19.6. The molecule has 5 heteroatoms. The lowest BCUT2D eigenvalue weighted by Crippen LogP contribution is -2.30. The molecule has 0 fully saturated rings. The molecule has 3 aromatic rings. The van der Waals surface area contributed by atoms with Crippen molar-refractivity contribution in [2.45, 2.75) is 30.4 Å². The Morgan fingerprint density at radius 2 is 1.85 bits per heavy atom. The number of thioether (sulfide) groups is 1. The molecular formula is C22H24N2OS2. The third kappa shape index (κ3) is 5.44. The predicted molar refractivity (Wildman–Crippen MR) is 114 cm³/mol. The second kappa shape index (κ2) is 9.72. The van der Waals surface area contributed by atoms with E-state index >= 15 is 0 Å². The van der Waals surface area contributed by atoms with E-state index in [4.69, 9.17) is 0 Å². The molecule has 0 aliphatic carbocycles. The minimum Gasteiger partial charge on any atom is -0.351 e. The Kier molecular flexibility index (Phi) is 7.07. The number of hydrogen-bond acceptors (Lipinski definition) is 4. The van der Waals surface area contributed by atoms with E-state index in [1.165, 1.54) is 5.56 Å². The number of rotatable bonds is 8. The van der Waals surface area contributed by atoms with Crippen LogP contribution in [0, 0.1) is 5.92 Å². The molecule has 0 spiro atoms. The average Bonchev–Trinajstić information content (AvgIpc) is 3.21. The number of carbonyl (C=O) groups excluding carboxylic acids is 1. The Labute approximate surface area is 169 Å². The van der Waals surface area contributed by atoms with Crippen LogP contribution >= 0.6 is 23.1 Å². The quantitative estimate of drug-likeness (QED) is 0.504. The molecule has 0 aliphatic rings. The number of aromatic nitrogens is 1. The smallest absolute Gasteiger partial charge is 0.252 e. The lowest BCUT2D eigenvalue weighted by Gasteiger charge is -2.22. The first-order valence-corrected chi connectivity index (χ1v) is 11.0. The molecule has 27 heavy (non-hydrogen) atoms. The van der Waals surface area contributed by atoms with E-state index in [1.807, 2.05) is 41.2 Å². The first-order chi connectivity index (χ1) is 13.1. The van der Waals surface area contributed by atoms with Crippen LogP contribution in [0.1, 0.15) is 41.4 Å². The van der Waals surface area contributed by atoms with Crippen LogP contribution in [0.3, 0.4) is 0 Å². The normalized spacial score (nSPS) is 12.1. The van der Waals surface area contributed by atoms with Crippen LogP contribution in [-0.2, 0) is 5.75 Å². The van der Waals surface area contributed by atoms with Crippen LogP contribution in [-0.4, -0.2) is 17.4 Å². The fourth-order valence-corrected chi connectivity index (χ4v) is 4.59. The van der Waals surface area contributed by atoms with E-state index in [1.54, 1.807) is 23.1 Å². The van der Waals surface area contributed by atoms with Gasteiger partial charge in [0.05, 0.1) is 16.8 Å². The van der Waals surface area contributed by atoms with Crippen molar-refractivity contribution in [1.82, 2.24) is 10.3 Å². The van der Waals surface area contributed by atoms with Crippen LogP contribution in [0.2, 0.25) is 0 Å². The monoisotopic (exact) mass is 396 g/mol. The molecule has 0 radical (unpaired) electrons. The number of benzene rings is 2. The van der Waals surface area contributed by atoms with Gasteiger partial charge in [-0.1, -0.05) is 56.3 Å². The summed E-state index contributed by atoms with van der Waals surface area (Å²) < 4.78 is 0. The molecule has 0 saturated heterocycles. The van der Waals surface area contributed by atoms with Gasteiger partial charge in [-0.3, -0.25) is 4.79 Å². The Hall–Kier alpha value is -2.11. The number of thiazole rings is 1. The number of nitrogens with zero attached hydrogens (tertiary/aromatic N) is 1. The van der Waals surface area contributed by atoms with Crippen LogP contribution in [0.5, 0.6) is 0 Å². The van der Waals surface area contributed by atoms with Gasteiger partial charge < -0.3 is 5.32 Å². The van der Waals surface area contributed by atoms with Crippen LogP contribution in [0.25, 0.3) is 0 Å². The summed E-state index contributed by atoms with van der Waals surface area (Å²) in [6.45, 7) is 5.02. The van der Waals surface area contributed by atoms with Gasteiger partial charge in [-0.25, -0.2) is 4.98 Å². The van der Waals surface area contributed by atoms with E-state index in [-0.39, 0.29) is 5.91 Å². The van der Waals surface area contributed by atoms with Crippen molar-refractivity contribution in [2.75, 3.05) is 6.54 Å². The third-order valence-corrected chi connectivity index (χ3v) is 6.25. The minimum absolute atomic E-state index is 0.0158. The molecule has 0 bridgehead atoms. The number of carbonyl (C=O) groups is 1. The Balaban J connectivity index is 1.67. The third-order valence-electron chi connectivity index (χ3n) is 4.51. The molecule has 2 aromatic carbocycles. The van der Waals surface area contributed by atoms with E-state index in [9.17, 15) is 4.79 Å². The summed E-state index contributed by atoms with van der Waals surface area (Å²) in [4.78, 5) is 18.2. The Morgan fingerprint density at radius 1 is 1.11 bits per heavy atom. The molecule has 1 aromatic heterocycles. The van der Waals surface area contributed by atoms with Crippen molar-refractivity contribution in [3.05, 3.63) is 82.3 Å². The lowest BCUT2D eigenvalue weighted by atomic mass is 9.88. The highest BCUT2D eigenvalue weighted by Crippen LogP contribution is 2.27. The fraction of sp³-hybridized carbons (Fsp3) is 0.273. The highest BCUT2D eigenvalue weighted by atomic mass is 32.2. The molecule has 140 valence electrons. The highest BCUT2D eigenvalue weighted by Gasteiger charge is 2.18. The predicted octanol–water partition coefficient (Wildman–Crippen LogP) is 5.61. The van der Waals surface area contributed by atoms with Crippen molar-refractivity contribution in [3.8, 4) is 0 Å². The minimum atomic E-state index is -0.0158. The maximum Gasteiger partial charge on any atom is 0.252 e. The van der Waals surface area contributed by atoms with Gasteiger partial charge in [-0.2, -0.15) is 0 Å². The SMILES string of the molecule is CC(C)C(CNC(=O)c1ccccc1SCc1cscn1)c1ccccc1. The summed E-state index contributed by atoms with van der Waals surface area (Å²) in [5.41, 5.74) is 4.88. The maximum atomic E-state index is 12.8. The zero-order valence-corrected chi connectivity index (χ0v) is 17.2. The van der Waals surface area contributed by atoms with E-state index < -0.39 is 0 Å². The summed E-state index contributed by atoms with van der Waals surface area (Å²) in [5, 5.41) is 5.19. The summed E-state index contributed by atoms with van der Waals surface area (Å²) in [7, 11) is 0. The molecule has 3 rings (SSSR count). The maximum absolute atomic E-state index is 12.8. The zero-order valence-electron chi connectivity index (χ0n) is 15.6. The molecule has 0 saturated carbocycles. The van der Waals surface area contributed by atoms with Gasteiger partial charge in [-0.15, -0.1) is 23.1 Å². The fourth-order valence-electron chi connectivity index (χ4n) is 2.98. The second-order valence-electron chi connectivity index (χ2n) is 6.74. The molecule has 1 atom stereocenters. The van der Waals surface area contributed by atoms with Crippen molar-refractivity contribution in [1.29, 1.82) is 0 Å². The largest absolute Gasteiger partial charge is 0.351 e. The first-order valence-electron chi connectivity index (χ1n) is 9.07. The average molecular weight is 397 g/mol. The van der Waals surface area contributed by atoms with Crippen molar-refractivity contribution < 1.29 is 4.79 Å². The van der Waals surface area contributed by atoms with Gasteiger partial charge in [0.25, 0.3) is 5.91 Å². The van der Waals surface area contributed by atoms with Crippen LogP contribution < -0.4 is 5.32 Å². The van der Waals surface area contributed by atoms with E-state index in [0.717, 1.165) is 21.9 Å². The van der Waals surface area contributed by atoms with Crippen molar-refractivity contribution in [3.63, 3.8) is 0 Å². The second-order valence-corrected chi connectivity index (χ2v) is 8.47.